The number of benzene rings is 1. The molecule has 1 aromatic carbocycles. The molecule has 4 nitrogen and oxygen atoms in total. The Hall–Kier alpha value is -1.84. The van der Waals surface area contributed by atoms with E-state index < -0.39 is 5.97 Å². The molecule has 1 amide bonds. The summed E-state index contributed by atoms with van der Waals surface area (Å²) in [6.45, 7) is 2.25. The maximum absolute atomic E-state index is 11.5. The Morgan fingerprint density at radius 2 is 1.88 bits per heavy atom. The summed E-state index contributed by atoms with van der Waals surface area (Å²) in [6.07, 6.45) is 0.276. The number of hydrogen-bond donors (Lipinski definition) is 2. The average Bonchev–Trinajstić information content (AvgIpc) is 2.26. The van der Waals surface area contributed by atoms with Gasteiger partial charge in [0.1, 0.15) is 0 Å². The predicted molar refractivity (Wildman–Crippen MR) is 64.3 cm³/mol. The van der Waals surface area contributed by atoms with Crippen molar-refractivity contribution in [1.29, 1.82) is 0 Å². The zero-order valence-corrected chi connectivity index (χ0v) is 9.85. The molecule has 92 valence electrons. The van der Waals surface area contributed by atoms with E-state index in [0.717, 1.165) is 5.56 Å². The lowest BCUT2D eigenvalue weighted by Crippen LogP contribution is -2.25. The standard InChI is InChI=1S/C13H17NO3/c1-10(8-13(16)17)7-12(15)14-9-11-5-3-2-4-6-11/h2-6,10H,7-9H2,1H3,(H,14,15)(H,16,17). The number of aliphatic carboxylic acids is 1. The van der Waals surface area contributed by atoms with Crippen molar-refractivity contribution in [1.82, 2.24) is 5.32 Å². The molecule has 0 fully saturated rings. The van der Waals surface area contributed by atoms with Crippen LogP contribution in [0.1, 0.15) is 25.3 Å². The number of hydrogen-bond acceptors (Lipinski definition) is 2. The van der Waals surface area contributed by atoms with Crippen LogP contribution in [-0.2, 0) is 16.1 Å². The third kappa shape index (κ3) is 5.70. The fraction of sp³-hybridized carbons (Fsp3) is 0.385. The monoisotopic (exact) mass is 235 g/mol. The zero-order valence-electron chi connectivity index (χ0n) is 9.85. The van der Waals surface area contributed by atoms with Gasteiger partial charge in [0.15, 0.2) is 0 Å². The number of carbonyl (C=O) groups is 2. The molecule has 0 bridgehead atoms. The van der Waals surface area contributed by atoms with Crippen LogP contribution in [0.15, 0.2) is 30.3 Å². The number of amides is 1. The van der Waals surface area contributed by atoms with Crippen LogP contribution in [0.25, 0.3) is 0 Å². The van der Waals surface area contributed by atoms with E-state index in [1.165, 1.54) is 0 Å². The number of carboxylic acid groups (broad SMARTS) is 1. The van der Waals surface area contributed by atoms with Gasteiger partial charge in [-0.2, -0.15) is 0 Å². The molecule has 0 aliphatic rings. The van der Waals surface area contributed by atoms with Crippen molar-refractivity contribution in [2.24, 2.45) is 5.92 Å². The van der Waals surface area contributed by atoms with Crippen molar-refractivity contribution in [2.45, 2.75) is 26.3 Å². The molecule has 17 heavy (non-hydrogen) atoms. The summed E-state index contributed by atoms with van der Waals surface area (Å²) in [4.78, 5) is 21.9. The Kier molecular flexibility index (Phi) is 5.20. The van der Waals surface area contributed by atoms with Gasteiger partial charge >= 0.3 is 5.97 Å². The van der Waals surface area contributed by atoms with E-state index in [1.54, 1.807) is 6.92 Å². The predicted octanol–water partition coefficient (Wildman–Crippen LogP) is 1.80. The minimum absolute atomic E-state index is 0.0265. The lowest BCUT2D eigenvalue weighted by atomic mass is 10.0. The Morgan fingerprint density at radius 1 is 1.24 bits per heavy atom. The summed E-state index contributed by atoms with van der Waals surface area (Å²) in [5.74, 6) is -1.11. The normalized spacial score (nSPS) is 11.8. The first kappa shape index (κ1) is 13.2. The summed E-state index contributed by atoms with van der Waals surface area (Å²) < 4.78 is 0. The molecule has 0 radical (unpaired) electrons. The zero-order chi connectivity index (χ0) is 12.7. The van der Waals surface area contributed by atoms with Gasteiger partial charge in [-0.1, -0.05) is 37.3 Å². The number of rotatable bonds is 6. The first-order valence-corrected chi connectivity index (χ1v) is 5.60. The molecule has 1 aromatic rings. The van der Waals surface area contributed by atoms with Crippen LogP contribution in [0.3, 0.4) is 0 Å². The summed E-state index contributed by atoms with van der Waals surface area (Å²) in [5, 5.41) is 11.3. The van der Waals surface area contributed by atoms with Gasteiger partial charge in [-0.05, 0) is 11.5 Å². The molecule has 0 aliphatic heterocycles. The molecule has 1 atom stereocenters. The van der Waals surface area contributed by atoms with Crippen LogP contribution in [0.5, 0.6) is 0 Å². The molecule has 0 aliphatic carbocycles. The summed E-state index contributed by atoms with van der Waals surface area (Å²) >= 11 is 0. The molecule has 1 unspecified atom stereocenters. The summed E-state index contributed by atoms with van der Waals surface area (Å²) in [7, 11) is 0. The number of carbonyl (C=O) groups excluding carboxylic acids is 1. The average molecular weight is 235 g/mol. The molecule has 0 saturated heterocycles. The van der Waals surface area contributed by atoms with Crippen molar-refractivity contribution in [3.63, 3.8) is 0 Å². The van der Waals surface area contributed by atoms with E-state index in [9.17, 15) is 9.59 Å². The lowest BCUT2D eigenvalue weighted by Gasteiger charge is -2.09. The van der Waals surface area contributed by atoms with Crippen LogP contribution in [0, 0.1) is 5.92 Å². The van der Waals surface area contributed by atoms with E-state index in [1.807, 2.05) is 30.3 Å². The van der Waals surface area contributed by atoms with E-state index in [-0.39, 0.29) is 24.7 Å². The van der Waals surface area contributed by atoms with Gasteiger partial charge in [0.05, 0.1) is 0 Å². The van der Waals surface area contributed by atoms with Gasteiger partial charge in [0.25, 0.3) is 0 Å². The second kappa shape index (κ2) is 6.68. The molecule has 1 rings (SSSR count). The smallest absolute Gasteiger partial charge is 0.303 e. The van der Waals surface area contributed by atoms with Crippen LogP contribution in [0.4, 0.5) is 0 Å². The molecule has 0 saturated carbocycles. The lowest BCUT2D eigenvalue weighted by molar-refractivity contribution is -0.138. The quantitative estimate of drug-likeness (QED) is 0.790. The van der Waals surface area contributed by atoms with Crippen molar-refractivity contribution >= 4 is 11.9 Å². The maximum atomic E-state index is 11.5. The van der Waals surface area contributed by atoms with Crippen LogP contribution >= 0.6 is 0 Å². The highest BCUT2D eigenvalue weighted by atomic mass is 16.4. The van der Waals surface area contributed by atoms with Crippen LogP contribution < -0.4 is 5.32 Å². The SMILES string of the molecule is CC(CC(=O)O)CC(=O)NCc1ccccc1. The van der Waals surface area contributed by atoms with Gasteiger partial charge in [-0.3, -0.25) is 9.59 Å². The first-order chi connectivity index (χ1) is 8.08. The molecule has 4 heteroatoms. The molecular formula is C13H17NO3. The van der Waals surface area contributed by atoms with E-state index >= 15 is 0 Å². The minimum Gasteiger partial charge on any atom is -0.481 e. The highest BCUT2D eigenvalue weighted by Crippen LogP contribution is 2.07. The minimum atomic E-state index is -0.867. The fourth-order valence-electron chi connectivity index (χ4n) is 1.56. The van der Waals surface area contributed by atoms with E-state index in [4.69, 9.17) is 5.11 Å². The van der Waals surface area contributed by atoms with Crippen LogP contribution in [0.2, 0.25) is 0 Å². The van der Waals surface area contributed by atoms with Gasteiger partial charge < -0.3 is 10.4 Å². The van der Waals surface area contributed by atoms with Crippen molar-refractivity contribution in [2.75, 3.05) is 0 Å². The summed E-state index contributed by atoms with van der Waals surface area (Å²) in [6, 6.07) is 9.60. The van der Waals surface area contributed by atoms with E-state index in [0.29, 0.717) is 6.54 Å². The molecule has 0 aromatic heterocycles. The van der Waals surface area contributed by atoms with Crippen molar-refractivity contribution < 1.29 is 14.7 Å². The Morgan fingerprint density at radius 3 is 2.47 bits per heavy atom. The molecular weight excluding hydrogens is 218 g/mol. The molecule has 2 N–H and O–H groups in total. The number of nitrogens with one attached hydrogen (secondary N) is 1. The van der Waals surface area contributed by atoms with Crippen molar-refractivity contribution in [3.8, 4) is 0 Å². The van der Waals surface area contributed by atoms with E-state index in [2.05, 4.69) is 5.32 Å². The van der Waals surface area contributed by atoms with Gasteiger partial charge in [0.2, 0.25) is 5.91 Å². The fourth-order valence-corrected chi connectivity index (χ4v) is 1.56. The van der Waals surface area contributed by atoms with Gasteiger partial charge in [-0.25, -0.2) is 0 Å². The second-order valence-corrected chi connectivity index (χ2v) is 4.17. The summed E-state index contributed by atoms with van der Waals surface area (Å²) in [5.41, 5.74) is 1.03. The number of carboxylic acids is 1. The Bertz CT molecular complexity index is 376. The maximum Gasteiger partial charge on any atom is 0.303 e. The largest absolute Gasteiger partial charge is 0.481 e. The topological polar surface area (TPSA) is 66.4 Å². The van der Waals surface area contributed by atoms with Gasteiger partial charge in [0, 0.05) is 19.4 Å². The highest BCUT2D eigenvalue weighted by molar-refractivity contribution is 5.77. The van der Waals surface area contributed by atoms with Crippen molar-refractivity contribution in [3.05, 3.63) is 35.9 Å². The second-order valence-electron chi connectivity index (χ2n) is 4.17. The van der Waals surface area contributed by atoms with Crippen LogP contribution in [-0.4, -0.2) is 17.0 Å². The Balaban J connectivity index is 2.28. The third-order valence-electron chi connectivity index (χ3n) is 2.39. The highest BCUT2D eigenvalue weighted by Gasteiger charge is 2.12. The molecule has 0 heterocycles. The third-order valence-corrected chi connectivity index (χ3v) is 2.39. The Labute approximate surface area is 101 Å². The van der Waals surface area contributed by atoms with Gasteiger partial charge in [-0.15, -0.1) is 0 Å². The first-order valence-electron chi connectivity index (χ1n) is 5.60. The molecule has 0 spiro atoms.